The maximum atomic E-state index is 5.73. The van der Waals surface area contributed by atoms with Crippen molar-refractivity contribution in [3.05, 3.63) is 23.8 Å². The van der Waals surface area contributed by atoms with Crippen LogP contribution in [0.4, 0.5) is 5.69 Å². The standard InChI is InChI=1S/C11H15NO/c1-8-7-9(12-2)3-6-11(8)13-10-4-5-10/h3,6-7,10,12H,4-5H2,1-2H3. The van der Waals surface area contributed by atoms with E-state index in [4.69, 9.17) is 4.74 Å². The second-order valence-electron chi connectivity index (χ2n) is 3.55. The van der Waals surface area contributed by atoms with E-state index < -0.39 is 0 Å². The highest BCUT2D eigenvalue weighted by Crippen LogP contribution is 2.29. The molecule has 0 aromatic heterocycles. The summed E-state index contributed by atoms with van der Waals surface area (Å²) in [7, 11) is 1.93. The van der Waals surface area contributed by atoms with Crippen LogP contribution in [0, 0.1) is 6.92 Å². The highest BCUT2D eigenvalue weighted by molar-refractivity contribution is 5.50. The van der Waals surface area contributed by atoms with Gasteiger partial charge < -0.3 is 10.1 Å². The first kappa shape index (κ1) is 8.42. The Morgan fingerprint density at radius 3 is 2.69 bits per heavy atom. The Bertz CT molecular complexity index is 305. The topological polar surface area (TPSA) is 21.3 Å². The molecule has 1 fully saturated rings. The monoisotopic (exact) mass is 177 g/mol. The predicted octanol–water partition coefficient (Wildman–Crippen LogP) is 2.58. The maximum Gasteiger partial charge on any atom is 0.122 e. The van der Waals surface area contributed by atoms with Crippen LogP contribution < -0.4 is 10.1 Å². The van der Waals surface area contributed by atoms with Crippen molar-refractivity contribution in [2.45, 2.75) is 25.9 Å². The Kier molecular flexibility index (Phi) is 2.13. The summed E-state index contributed by atoms with van der Waals surface area (Å²) in [4.78, 5) is 0. The lowest BCUT2D eigenvalue weighted by molar-refractivity contribution is 0.301. The molecule has 0 saturated heterocycles. The van der Waals surface area contributed by atoms with Gasteiger partial charge in [-0.05, 0) is 43.5 Å². The third-order valence-corrected chi connectivity index (χ3v) is 2.28. The van der Waals surface area contributed by atoms with E-state index in [1.54, 1.807) is 0 Å². The highest BCUT2D eigenvalue weighted by Gasteiger charge is 2.23. The average molecular weight is 177 g/mol. The summed E-state index contributed by atoms with van der Waals surface area (Å²) < 4.78 is 5.73. The SMILES string of the molecule is CNc1ccc(OC2CC2)c(C)c1. The van der Waals surface area contributed by atoms with E-state index in [1.165, 1.54) is 18.4 Å². The zero-order valence-corrected chi connectivity index (χ0v) is 8.13. The van der Waals surface area contributed by atoms with Crippen molar-refractivity contribution in [1.29, 1.82) is 0 Å². The van der Waals surface area contributed by atoms with Crippen molar-refractivity contribution < 1.29 is 4.74 Å². The van der Waals surface area contributed by atoms with Crippen LogP contribution in [0.3, 0.4) is 0 Å². The van der Waals surface area contributed by atoms with Crippen LogP contribution in [0.1, 0.15) is 18.4 Å². The van der Waals surface area contributed by atoms with Crippen molar-refractivity contribution in [1.82, 2.24) is 0 Å². The van der Waals surface area contributed by atoms with Crippen molar-refractivity contribution >= 4 is 5.69 Å². The second kappa shape index (κ2) is 3.29. The van der Waals surface area contributed by atoms with Gasteiger partial charge in [0.2, 0.25) is 0 Å². The van der Waals surface area contributed by atoms with Gasteiger partial charge in [0.25, 0.3) is 0 Å². The predicted molar refractivity (Wildman–Crippen MR) is 54.4 cm³/mol. The fraction of sp³-hybridized carbons (Fsp3) is 0.455. The molecule has 0 atom stereocenters. The smallest absolute Gasteiger partial charge is 0.122 e. The van der Waals surface area contributed by atoms with Crippen LogP contribution >= 0.6 is 0 Å². The molecule has 0 bridgehead atoms. The van der Waals surface area contributed by atoms with Gasteiger partial charge in [0.05, 0.1) is 6.10 Å². The van der Waals surface area contributed by atoms with Crippen LogP contribution in [0.2, 0.25) is 0 Å². The van der Waals surface area contributed by atoms with Gasteiger partial charge in [-0.2, -0.15) is 0 Å². The Morgan fingerprint density at radius 2 is 2.15 bits per heavy atom. The van der Waals surface area contributed by atoms with E-state index >= 15 is 0 Å². The number of hydrogen-bond donors (Lipinski definition) is 1. The molecular weight excluding hydrogens is 162 g/mol. The van der Waals surface area contributed by atoms with E-state index in [1.807, 2.05) is 19.2 Å². The quantitative estimate of drug-likeness (QED) is 0.766. The third-order valence-electron chi connectivity index (χ3n) is 2.28. The van der Waals surface area contributed by atoms with E-state index in [2.05, 4.69) is 18.3 Å². The number of aryl methyl sites for hydroxylation is 1. The molecule has 1 aromatic rings. The van der Waals surface area contributed by atoms with Crippen LogP contribution in [-0.4, -0.2) is 13.2 Å². The first-order valence-corrected chi connectivity index (χ1v) is 4.74. The number of ether oxygens (including phenoxy) is 1. The van der Waals surface area contributed by atoms with Gasteiger partial charge in [-0.25, -0.2) is 0 Å². The molecule has 0 spiro atoms. The fourth-order valence-electron chi connectivity index (χ4n) is 1.30. The zero-order chi connectivity index (χ0) is 9.26. The van der Waals surface area contributed by atoms with Crippen molar-refractivity contribution in [2.75, 3.05) is 12.4 Å². The molecule has 0 aliphatic heterocycles. The van der Waals surface area contributed by atoms with E-state index in [-0.39, 0.29) is 0 Å². The fourth-order valence-corrected chi connectivity index (χ4v) is 1.30. The molecule has 13 heavy (non-hydrogen) atoms. The Labute approximate surface area is 78.9 Å². The summed E-state index contributed by atoms with van der Waals surface area (Å²) in [5.41, 5.74) is 2.35. The molecule has 70 valence electrons. The molecule has 0 amide bonds. The van der Waals surface area contributed by atoms with Gasteiger partial charge in [0.1, 0.15) is 5.75 Å². The summed E-state index contributed by atoms with van der Waals surface area (Å²) in [6, 6.07) is 6.20. The van der Waals surface area contributed by atoms with Crippen molar-refractivity contribution in [2.24, 2.45) is 0 Å². The summed E-state index contributed by atoms with van der Waals surface area (Å²) in [5, 5.41) is 3.11. The molecule has 0 unspecified atom stereocenters. The van der Waals surface area contributed by atoms with Gasteiger partial charge in [-0.3, -0.25) is 0 Å². The minimum atomic E-state index is 0.485. The summed E-state index contributed by atoms with van der Waals surface area (Å²) >= 11 is 0. The van der Waals surface area contributed by atoms with E-state index in [9.17, 15) is 0 Å². The number of hydrogen-bond acceptors (Lipinski definition) is 2. The molecule has 0 heterocycles. The Morgan fingerprint density at radius 1 is 1.38 bits per heavy atom. The Hall–Kier alpha value is -1.18. The molecule has 0 radical (unpaired) electrons. The normalized spacial score (nSPS) is 15.5. The van der Waals surface area contributed by atoms with Gasteiger partial charge in [-0.1, -0.05) is 0 Å². The lowest BCUT2D eigenvalue weighted by Crippen LogP contribution is -1.98. The summed E-state index contributed by atoms with van der Waals surface area (Å²) in [5.74, 6) is 1.03. The lowest BCUT2D eigenvalue weighted by atomic mass is 10.2. The van der Waals surface area contributed by atoms with Gasteiger partial charge >= 0.3 is 0 Å². The summed E-state index contributed by atoms with van der Waals surface area (Å²) in [6.07, 6.45) is 2.92. The highest BCUT2D eigenvalue weighted by atomic mass is 16.5. The lowest BCUT2D eigenvalue weighted by Gasteiger charge is -2.09. The largest absolute Gasteiger partial charge is 0.490 e. The molecule has 1 aliphatic rings. The van der Waals surface area contributed by atoms with Crippen LogP contribution in [0.15, 0.2) is 18.2 Å². The number of rotatable bonds is 3. The van der Waals surface area contributed by atoms with Crippen molar-refractivity contribution in [3.63, 3.8) is 0 Å². The van der Waals surface area contributed by atoms with Crippen molar-refractivity contribution in [3.8, 4) is 5.75 Å². The summed E-state index contributed by atoms with van der Waals surface area (Å²) in [6.45, 7) is 2.08. The second-order valence-corrected chi connectivity index (χ2v) is 3.55. The molecule has 1 saturated carbocycles. The van der Waals surface area contributed by atoms with E-state index in [0.29, 0.717) is 6.10 Å². The first-order chi connectivity index (χ1) is 6.29. The Balaban J connectivity index is 2.15. The van der Waals surface area contributed by atoms with Gasteiger partial charge in [0.15, 0.2) is 0 Å². The molecule has 1 aliphatic carbocycles. The number of nitrogens with one attached hydrogen (secondary N) is 1. The molecule has 2 rings (SSSR count). The number of benzene rings is 1. The molecule has 1 aromatic carbocycles. The van der Waals surface area contributed by atoms with Crippen LogP contribution in [-0.2, 0) is 0 Å². The number of anilines is 1. The molecular formula is C11H15NO. The molecule has 2 nitrogen and oxygen atoms in total. The van der Waals surface area contributed by atoms with Crippen LogP contribution in [0.5, 0.6) is 5.75 Å². The minimum absolute atomic E-state index is 0.485. The van der Waals surface area contributed by atoms with E-state index in [0.717, 1.165) is 11.4 Å². The first-order valence-electron chi connectivity index (χ1n) is 4.74. The van der Waals surface area contributed by atoms with Gasteiger partial charge in [-0.15, -0.1) is 0 Å². The minimum Gasteiger partial charge on any atom is -0.490 e. The van der Waals surface area contributed by atoms with Gasteiger partial charge in [0, 0.05) is 12.7 Å². The zero-order valence-electron chi connectivity index (χ0n) is 8.13. The average Bonchev–Trinajstić information content (AvgIpc) is 2.92. The van der Waals surface area contributed by atoms with Crippen LogP contribution in [0.25, 0.3) is 0 Å². The molecule has 2 heteroatoms. The third kappa shape index (κ3) is 1.94. The maximum absolute atomic E-state index is 5.73. The molecule has 1 N–H and O–H groups in total.